The van der Waals surface area contributed by atoms with Crippen molar-refractivity contribution in [2.45, 2.75) is 31.3 Å². The highest BCUT2D eigenvalue weighted by atomic mass is 35.5. The number of piperidine rings is 1. The summed E-state index contributed by atoms with van der Waals surface area (Å²) < 4.78 is 11.9. The first-order valence-corrected chi connectivity index (χ1v) is 13.8. The summed E-state index contributed by atoms with van der Waals surface area (Å²) in [5, 5.41) is 21.2. The Kier molecular flexibility index (Phi) is 7.19. The lowest BCUT2D eigenvalue weighted by Crippen LogP contribution is -2.42. The highest BCUT2D eigenvalue weighted by Gasteiger charge is 2.33. The summed E-state index contributed by atoms with van der Waals surface area (Å²) >= 11 is 6.03. The fourth-order valence-corrected chi connectivity index (χ4v) is 5.70. The third kappa shape index (κ3) is 5.28. The van der Waals surface area contributed by atoms with Crippen LogP contribution in [0.2, 0.25) is 5.02 Å². The second kappa shape index (κ2) is 10.9. The van der Waals surface area contributed by atoms with E-state index in [2.05, 4.69) is 16.0 Å². The van der Waals surface area contributed by atoms with Crippen molar-refractivity contribution >= 4 is 23.1 Å². The van der Waals surface area contributed by atoms with Gasteiger partial charge in [0.25, 0.3) is 0 Å². The predicted octanol–water partition coefficient (Wildman–Crippen LogP) is 6.80. The van der Waals surface area contributed by atoms with Gasteiger partial charge in [0.15, 0.2) is 0 Å². The van der Waals surface area contributed by atoms with Crippen molar-refractivity contribution in [3.8, 4) is 23.0 Å². The minimum Gasteiger partial charge on any atom is -0.475 e. The van der Waals surface area contributed by atoms with Crippen LogP contribution < -0.4 is 4.74 Å². The number of likely N-dealkylation sites (tertiary alicyclic amines) is 1. The molecule has 0 bridgehead atoms. The molecule has 1 saturated heterocycles. The van der Waals surface area contributed by atoms with Crippen molar-refractivity contribution in [1.82, 2.24) is 9.88 Å². The highest BCUT2D eigenvalue weighted by Crippen LogP contribution is 2.42. The molecule has 2 N–H and O–H groups in total. The van der Waals surface area contributed by atoms with Crippen LogP contribution in [0.15, 0.2) is 83.4 Å². The van der Waals surface area contributed by atoms with E-state index in [4.69, 9.17) is 20.8 Å². The Hall–Kier alpha value is -3.91. The minimum absolute atomic E-state index is 0.104. The average Bonchev–Trinajstić information content (AvgIpc) is 3.39. The number of carboxylic acid groups (broad SMARTS) is 1. The highest BCUT2D eigenvalue weighted by molar-refractivity contribution is 6.30. The summed E-state index contributed by atoms with van der Waals surface area (Å²) in [6, 6.07) is 20.3. The lowest BCUT2D eigenvalue weighted by Gasteiger charge is -2.38. The van der Waals surface area contributed by atoms with Gasteiger partial charge >= 0.3 is 5.97 Å². The van der Waals surface area contributed by atoms with Crippen molar-refractivity contribution in [2.24, 2.45) is 0 Å². The zero-order valence-electron chi connectivity index (χ0n) is 21.8. The Morgan fingerprint density at radius 1 is 1.02 bits per heavy atom. The SMILES string of the molecule is O=C(O)c1ccc(-c2cccc3c2C/C(=C/CCN2CCC(O)(c4ccc(Cl)cc4)CC2)c2cccnc2O3)o1. The van der Waals surface area contributed by atoms with Crippen molar-refractivity contribution in [3.05, 3.63) is 106 Å². The molecule has 4 aromatic rings. The monoisotopic (exact) mass is 556 g/mol. The summed E-state index contributed by atoms with van der Waals surface area (Å²) in [7, 11) is 0. The number of rotatable bonds is 6. The van der Waals surface area contributed by atoms with Gasteiger partial charge in [0.1, 0.15) is 11.5 Å². The van der Waals surface area contributed by atoms with Gasteiger partial charge in [0, 0.05) is 54.0 Å². The van der Waals surface area contributed by atoms with Crippen LogP contribution in [-0.4, -0.2) is 45.7 Å². The second-order valence-corrected chi connectivity index (χ2v) is 10.7. The molecule has 1 fully saturated rings. The van der Waals surface area contributed by atoms with Crippen LogP contribution in [0.5, 0.6) is 11.6 Å². The Morgan fingerprint density at radius 3 is 2.55 bits per heavy atom. The van der Waals surface area contributed by atoms with Gasteiger partial charge < -0.3 is 24.3 Å². The van der Waals surface area contributed by atoms with Gasteiger partial charge in [-0.3, -0.25) is 0 Å². The smallest absolute Gasteiger partial charge is 0.371 e. The Bertz CT molecular complexity index is 1570. The number of aromatic carboxylic acids is 1. The van der Waals surface area contributed by atoms with Crippen molar-refractivity contribution in [3.63, 3.8) is 0 Å². The normalized spacial score (nSPS) is 17.5. The van der Waals surface area contributed by atoms with E-state index in [9.17, 15) is 15.0 Å². The molecule has 0 unspecified atom stereocenters. The van der Waals surface area contributed by atoms with Gasteiger partial charge in [-0.05, 0) is 72.9 Å². The number of aromatic nitrogens is 1. The number of benzene rings is 2. The van der Waals surface area contributed by atoms with Crippen molar-refractivity contribution in [1.29, 1.82) is 0 Å². The number of carboxylic acids is 1. The Labute approximate surface area is 237 Å². The lowest BCUT2D eigenvalue weighted by atomic mass is 9.84. The van der Waals surface area contributed by atoms with Crippen LogP contribution in [0.25, 0.3) is 16.9 Å². The Balaban J connectivity index is 1.21. The number of hydrogen-bond acceptors (Lipinski definition) is 6. The number of halogens is 1. The fraction of sp³-hybridized carbons (Fsp3) is 0.250. The number of nitrogens with zero attached hydrogens (tertiary/aromatic N) is 2. The van der Waals surface area contributed by atoms with Gasteiger partial charge in [-0.1, -0.05) is 41.9 Å². The van der Waals surface area contributed by atoms with Gasteiger partial charge in [-0.15, -0.1) is 0 Å². The summed E-state index contributed by atoms with van der Waals surface area (Å²) in [5.74, 6) is 0.490. The third-order valence-corrected chi connectivity index (χ3v) is 8.06. The first-order chi connectivity index (χ1) is 19.4. The number of carbonyl (C=O) groups is 1. The molecular weight excluding hydrogens is 528 g/mol. The summed E-state index contributed by atoms with van der Waals surface area (Å²) in [6.07, 6.45) is 6.70. The van der Waals surface area contributed by atoms with Gasteiger partial charge in [-0.25, -0.2) is 9.78 Å². The van der Waals surface area contributed by atoms with Crippen LogP contribution in [0.1, 0.15) is 46.5 Å². The molecule has 2 aromatic heterocycles. The molecule has 2 aromatic carbocycles. The summed E-state index contributed by atoms with van der Waals surface area (Å²) in [5.41, 5.74) is 3.84. The van der Waals surface area contributed by atoms with Crippen molar-refractivity contribution < 1.29 is 24.2 Å². The van der Waals surface area contributed by atoms with Crippen LogP contribution in [0, 0.1) is 0 Å². The molecule has 4 heterocycles. The molecule has 0 saturated carbocycles. The lowest BCUT2D eigenvalue weighted by molar-refractivity contribution is -0.0254. The van der Waals surface area contributed by atoms with Gasteiger partial charge in [-0.2, -0.15) is 0 Å². The molecule has 0 atom stereocenters. The third-order valence-electron chi connectivity index (χ3n) is 7.81. The molecule has 0 spiro atoms. The molecule has 0 amide bonds. The topological polar surface area (TPSA) is 96.0 Å². The standard InChI is InChI=1S/C32H29ClN2O5/c33-23-10-8-22(9-11-23)32(38)14-18-35(19-15-32)17-3-4-21-20-26-25(28-12-13-29(39-28)31(36)37)5-1-7-27(26)40-30-24(21)6-2-16-34-30/h1-2,4-13,16,38H,3,14-15,17-20H2,(H,36,37)/b21-4-. The average molecular weight is 557 g/mol. The molecule has 0 aliphatic carbocycles. The van der Waals surface area contributed by atoms with E-state index in [1.165, 1.54) is 6.07 Å². The van der Waals surface area contributed by atoms with Crippen LogP contribution in [0.3, 0.4) is 0 Å². The number of fused-ring (bicyclic) bond motifs is 2. The van der Waals surface area contributed by atoms with E-state index in [-0.39, 0.29) is 5.76 Å². The largest absolute Gasteiger partial charge is 0.475 e. The van der Waals surface area contributed by atoms with E-state index < -0.39 is 11.6 Å². The quantitative estimate of drug-likeness (QED) is 0.269. The number of aliphatic hydroxyl groups is 1. The first-order valence-electron chi connectivity index (χ1n) is 13.4. The summed E-state index contributed by atoms with van der Waals surface area (Å²) in [4.78, 5) is 18.3. The molecule has 6 rings (SSSR count). The predicted molar refractivity (Wildman–Crippen MR) is 153 cm³/mol. The van der Waals surface area contributed by atoms with Crippen LogP contribution in [0.4, 0.5) is 0 Å². The molecule has 2 aliphatic heterocycles. The molecule has 0 radical (unpaired) electrons. The molecule has 7 nitrogen and oxygen atoms in total. The van der Waals surface area contributed by atoms with Crippen LogP contribution in [-0.2, 0) is 12.0 Å². The fourth-order valence-electron chi connectivity index (χ4n) is 5.58. The molecule has 204 valence electrons. The number of hydrogen-bond donors (Lipinski definition) is 2. The molecule has 40 heavy (non-hydrogen) atoms. The van der Waals surface area contributed by atoms with Gasteiger partial charge in [0.05, 0.1) is 5.60 Å². The van der Waals surface area contributed by atoms with E-state index in [1.807, 2.05) is 54.6 Å². The number of allylic oxidation sites excluding steroid dienone is 1. The molecule has 8 heteroatoms. The Morgan fingerprint density at radius 2 is 1.80 bits per heavy atom. The number of ether oxygens (including phenoxy) is 1. The van der Waals surface area contributed by atoms with Crippen molar-refractivity contribution in [2.75, 3.05) is 19.6 Å². The summed E-state index contributed by atoms with van der Waals surface area (Å²) in [6.45, 7) is 2.48. The van der Waals surface area contributed by atoms with Crippen LogP contribution >= 0.6 is 11.6 Å². The van der Waals surface area contributed by atoms with Gasteiger partial charge in [0.2, 0.25) is 11.6 Å². The maximum absolute atomic E-state index is 11.4. The molecular formula is C32H29ClN2O5. The number of furan rings is 1. The first kappa shape index (κ1) is 26.3. The van der Waals surface area contributed by atoms with E-state index >= 15 is 0 Å². The second-order valence-electron chi connectivity index (χ2n) is 10.3. The van der Waals surface area contributed by atoms with E-state index in [0.717, 1.165) is 53.9 Å². The maximum atomic E-state index is 11.4. The zero-order chi connectivity index (χ0) is 27.7. The number of pyridine rings is 1. The van der Waals surface area contributed by atoms with E-state index in [1.54, 1.807) is 12.3 Å². The maximum Gasteiger partial charge on any atom is 0.371 e. The van der Waals surface area contributed by atoms with E-state index in [0.29, 0.717) is 41.7 Å². The zero-order valence-corrected chi connectivity index (χ0v) is 22.6. The molecule has 2 aliphatic rings. The minimum atomic E-state index is -1.11.